The van der Waals surface area contributed by atoms with Gasteiger partial charge in [0.1, 0.15) is 0 Å². The van der Waals surface area contributed by atoms with Gasteiger partial charge in [0.05, 0.1) is 15.6 Å². The van der Waals surface area contributed by atoms with Crippen molar-refractivity contribution < 1.29 is 4.92 Å². The fourth-order valence-corrected chi connectivity index (χ4v) is 3.45. The number of nitro groups is 1. The molecule has 0 aromatic heterocycles. The predicted octanol–water partition coefficient (Wildman–Crippen LogP) is 3.33. The lowest BCUT2D eigenvalue weighted by Gasteiger charge is -2.48. The Morgan fingerprint density at radius 1 is 1.45 bits per heavy atom. The zero-order valence-corrected chi connectivity index (χ0v) is 11.9. The summed E-state index contributed by atoms with van der Waals surface area (Å²) in [7, 11) is 0. The summed E-state index contributed by atoms with van der Waals surface area (Å²) in [6.07, 6.45) is 5.95. The average Bonchev–Trinajstić information content (AvgIpc) is 2.39. The molecule has 1 aliphatic heterocycles. The van der Waals surface area contributed by atoms with E-state index >= 15 is 0 Å². The summed E-state index contributed by atoms with van der Waals surface area (Å²) in [5.74, 6) is 0. The normalized spacial score (nSPS) is 24.1. The van der Waals surface area contributed by atoms with Crippen molar-refractivity contribution in [1.82, 2.24) is 5.32 Å². The number of nitrogens with zero attached hydrogens (tertiary/aromatic N) is 1. The zero-order chi connectivity index (χ0) is 14.2. The van der Waals surface area contributed by atoms with Crippen LogP contribution in [-0.4, -0.2) is 23.0 Å². The molecule has 0 bridgehead atoms. The van der Waals surface area contributed by atoms with Crippen LogP contribution in [0, 0.1) is 10.1 Å². The van der Waals surface area contributed by atoms with Crippen LogP contribution >= 0.6 is 11.6 Å². The Labute approximate surface area is 122 Å². The minimum atomic E-state index is -0.427. The van der Waals surface area contributed by atoms with Crippen molar-refractivity contribution in [2.75, 3.05) is 11.9 Å². The molecule has 108 valence electrons. The van der Waals surface area contributed by atoms with E-state index in [2.05, 4.69) is 10.6 Å². The van der Waals surface area contributed by atoms with Gasteiger partial charge in [-0.05, 0) is 44.7 Å². The Bertz CT molecular complexity index is 531. The number of piperidine rings is 1. The molecule has 20 heavy (non-hydrogen) atoms. The van der Waals surface area contributed by atoms with Gasteiger partial charge in [-0.1, -0.05) is 11.6 Å². The molecule has 1 atom stereocenters. The summed E-state index contributed by atoms with van der Waals surface area (Å²) < 4.78 is 0. The van der Waals surface area contributed by atoms with Crippen molar-refractivity contribution in [1.29, 1.82) is 0 Å². The van der Waals surface area contributed by atoms with Crippen LogP contribution < -0.4 is 10.6 Å². The number of anilines is 1. The minimum absolute atomic E-state index is 0.0290. The van der Waals surface area contributed by atoms with Crippen molar-refractivity contribution in [2.45, 2.75) is 43.7 Å². The zero-order valence-electron chi connectivity index (χ0n) is 11.2. The van der Waals surface area contributed by atoms with Crippen molar-refractivity contribution in [3.8, 4) is 0 Å². The Kier molecular flexibility index (Phi) is 3.56. The number of halogens is 1. The molecule has 1 saturated carbocycles. The molecule has 1 saturated heterocycles. The molecule has 6 heteroatoms. The van der Waals surface area contributed by atoms with Crippen LogP contribution in [0.25, 0.3) is 0 Å². The average molecular weight is 296 g/mol. The molecule has 0 radical (unpaired) electrons. The van der Waals surface area contributed by atoms with Crippen molar-refractivity contribution in [3.05, 3.63) is 33.3 Å². The summed E-state index contributed by atoms with van der Waals surface area (Å²) in [5, 5.41) is 18.2. The van der Waals surface area contributed by atoms with Gasteiger partial charge in [0.2, 0.25) is 0 Å². The highest BCUT2D eigenvalue weighted by atomic mass is 35.5. The first-order valence-electron chi connectivity index (χ1n) is 7.04. The Morgan fingerprint density at radius 2 is 2.25 bits per heavy atom. The minimum Gasteiger partial charge on any atom is -0.381 e. The first-order chi connectivity index (χ1) is 9.58. The van der Waals surface area contributed by atoms with Gasteiger partial charge in [0, 0.05) is 23.7 Å². The molecule has 5 nitrogen and oxygen atoms in total. The SMILES string of the molecule is O=[N+]([O-])c1ccc(NC2CCNC3(CCC3)C2)c(Cl)c1. The fraction of sp³-hybridized carbons (Fsp3) is 0.571. The van der Waals surface area contributed by atoms with Crippen LogP contribution in [0.2, 0.25) is 5.02 Å². The molecule has 1 heterocycles. The lowest BCUT2D eigenvalue weighted by Crippen LogP contribution is -2.58. The quantitative estimate of drug-likeness (QED) is 0.663. The lowest BCUT2D eigenvalue weighted by atomic mass is 9.70. The molecular weight excluding hydrogens is 278 g/mol. The second kappa shape index (κ2) is 5.22. The summed E-state index contributed by atoms with van der Waals surface area (Å²) in [6, 6.07) is 4.99. The number of rotatable bonds is 3. The van der Waals surface area contributed by atoms with Crippen molar-refractivity contribution in [2.24, 2.45) is 0 Å². The number of hydrogen-bond donors (Lipinski definition) is 2. The monoisotopic (exact) mass is 295 g/mol. The van der Waals surface area contributed by atoms with E-state index in [-0.39, 0.29) is 5.69 Å². The molecule has 1 aliphatic carbocycles. The highest BCUT2D eigenvalue weighted by molar-refractivity contribution is 6.33. The molecule has 2 aliphatic rings. The molecule has 2 fully saturated rings. The van der Waals surface area contributed by atoms with E-state index in [0.717, 1.165) is 25.1 Å². The lowest BCUT2D eigenvalue weighted by molar-refractivity contribution is -0.384. The van der Waals surface area contributed by atoms with Gasteiger partial charge in [-0.25, -0.2) is 0 Å². The molecule has 0 amide bonds. The van der Waals surface area contributed by atoms with E-state index in [1.54, 1.807) is 6.07 Å². The van der Waals surface area contributed by atoms with E-state index in [0.29, 0.717) is 16.6 Å². The molecule has 1 unspecified atom stereocenters. The summed E-state index contributed by atoms with van der Waals surface area (Å²) in [4.78, 5) is 10.3. The molecule has 2 N–H and O–H groups in total. The standard InChI is InChI=1S/C14H18ClN3O2/c15-12-8-11(18(19)20)2-3-13(12)17-10-4-7-16-14(9-10)5-1-6-14/h2-3,8,10,16-17H,1,4-7,9H2. The first kappa shape index (κ1) is 13.6. The van der Waals surface area contributed by atoms with Gasteiger partial charge in [0.25, 0.3) is 5.69 Å². The Hall–Kier alpha value is -1.33. The number of nitrogens with one attached hydrogen (secondary N) is 2. The smallest absolute Gasteiger partial charge is 0.271 e. The number of nitro benzene ring substituents is 1. The third kappa shape index (κ3) is 2.60. The third-order valence-electron chi connectivity index (χ3n) is 4.46. The topological polar surface area (TPSA) is 67.2 Å². The second-order valence-corrected chi connectivity index (χ2v) is 6.22. The largest absolute Gasteiger partial charge is 0.381 e. The maximum absolute atomic E-state index is 10.7. The molecular formula is C14H18ClN3O2. The van der Waals surface area contributed by atoms with E-state index in [1.807, 2.05) is 0 Å². The number of benzene rings is 1. The van der Waals surface area contributed by atoms with Crippen LogP contribution in [0.15, 0.2) is 18.2 Å². The third-order valence-corrected chi connectivity index (χ3v) is 4.78. The maximum Gasteiger partial charge on any atom is 0.271 e. The van der Waals surface area contributed by atoms with Crippen LogP contribution in [-0.2, 0) is 0 Å². The van der Waals surface area contributed by atoms with Gasteiger partial charge in [-0.2, -0.15) is 0 Å². The molecule has 1 aromatic rings. The van der Waals surface area contributed by atoms with Crippen molar-refractivity contribution >= 4 is 23.0 Å². The van der Waals surface area contributed by atoms with E-state index in [4.69, 9.17) is 11.6 Å². The van der Waals surface area contributed by atoms with Gasteiger partial charge in [-0.15, -0.1) is 0 Å². The maximum atomic E-state index is 10.7. The van der Waals surface area contributed by atoms with Crippen LogP contribution in [0.3, 0.4) is 0 Å². The summed E-state index contributed by atoms with van der Waals surface area (Å²) >= 11 is 6.13. The number of non-ortho nitro benzene ring substituents is 1. The van der Waals surface area contributed by atoms with Gasteiger partial charge in [-0.3, -0.25) is 10.1 Å². The molecule has 1 spiro atoms. The fourth-order valence-electron chi connectivity index (χ4n) is 3.22. The second-order valence-electron chi connectivity index (χ2n) is 5.82. The van der Waals surface area contributed by atoms with Gasteiger partial charge >= 0.3 is 0 Å². The Morgan fingerprint density at radius 3 is 2.85 bits per heavy atom. The van der Waals surface area contributed by atoms with Crippen LogP contribution in [0.4, 0.5) is 11.4 Å². The van der Waals surface area contributed by atoms with E-state index < -0.39 is 4.92 Å². The van der Waals surface area contributed by atoms with E-state index in [1.165, 1.54) is 31.4 Å². The van der Waals surface area contributed by atoms with E-state index in [9.17, 15) is 10.1 Å². The summed E-state index contributed by atoms with van der Waals surface area (Å²) in [6.45, 7) is 1.02. The van der Waals surface area contributed by atoms with Crippen LogP contribution in [0.5, 0.6) is 0 Å². The first-order valence-corrected chi connectivity index (χ1v) is 7.41. The van der Waals surface area contributed by atoms with Gasteiger partial charge in [0.15, 0.2) is 0 Å². The highest BCUT2D eigenvalue weighted by Crippen LogP contribution is 2.39. The molecule has 1 aromatic carbocycles. The van der Waals surface area contributed by atoms with Crippen LogP contribution in [0.1, 0.15) is 32.1 Å². The van der Waals surface area contributed by atoms with Gasteiger partial charge < -0.3 is 10.6 Å². The molecule has 3 rings (SSSR count). The van der Waals surface area contributed by atoms with Crippen molar-refractivity contribution in [3.63, 3.8) is 0 Å². The predicted molar refractivity (Wildman–Crippen MR) is 79.3 cm³/mol. The highest BCUT2D eigenvalue weighted by Gasteiger charge is 2.40. The Balaban J connectivity index is 1.69. The summed E-state index contributed by atoms with van der Waals surface area (Å²) in [5.41, 5.74) is 1.14. The number of hydrogen-bond acceptors (Lipinski definition) is 4.